The van der Waals surface area contributed by atoms with E-state index in [9.17, 15) is 0 Å². The molecule has 2 N–H and O–H groups in total. The van der Waals surface area contributed by atoms with Crippen molar-refractivity contribution in [3.05, 3.63) is 20.8 Å². The number of rotatable bonds is 5. The Bertz CT molecular complexity index is 338. The monoisotopic (exact) mass is 304 g/mol. The van der Waals surface area contributed by atoms with Crippen LogP contribution in [-0.2, 0) is 6.54 Å². The van der Waals surface area contributed by atoms with Gasteiger partial charge in [0.2, 0.25) is 0 Å². The van der Waals surface area contributed by atoms with Crippen LogP contribution in [0.2, 0.25) is 0 Å². The number of nitrogens with zero attached hydrogens (tertiary/aromatic N) is 1. The van der Waals surface area contributed by atoms with Crippen molar-refractivity contribution in [3.8, 4) is 0 Å². The van der Waals surface area contributed by atoms with E-state index in [0.29, 0.717) is 12.5 Å². The Labute approximate surface area is 111 Å². The standard InChI is InChI=1S/C12H21BrN2S/c1-9(2)12(3,8-14)15(4)6-11-5-10(13)7-16-11/h5,7,9H,6,8,14H2,1-4H3. The van der Waals surface area contributed by atoms with Crippen molar-refractivity contribution in [1.29, 1.82) is 0 Å². The molecule has 0 spiro atoms. The lowest BCUT2D eigenvalue weighted by Crippen LogP contribution is -2.52. The molecule has 0 aliphatic heterocycles. The maximum absolute atomic E-state index is 5.92. The Morgan fingerprint density at radius 1 is 1.56 bits per heavy atom. The third-order valence-corrected chi connectivity index (χ3v) is 5.23. The molecule has 0 saturated carbocycles. The molecule has 0 radical (unpaired) electrons. The fourth-order valence-corrected chi connectivity index (χ4v) is 3.19. The van der Waals surface area contributed by atoms with Crippen LogP contribution in [0, 0.1) is 5.92 Å². The molecule has 1 aromatic heterocycles. The molecule has 0 aliphatic carbocycles. The average Bonchev–Trinajstić information content (AvgIpc) is 2.62. The molecule has 1 aromatic rings. The third kappa shape index (κ3) is 3.06. The van der Waals surface area contributed by atoms with Crippen molar-refractivity contribution in [1.82, 2.24) is 4.90 Å². The molecule has 1 unspecified atom stereocenters. The van der Waals surface area contributed by atoms with E-state index in [1.54, 1.807) is 11.3 Å². The molecular weight excluding hydrogens is 284 g/mol. The molecule has 0 bridgehead atoms. The molecule has 92 valence electrons. The summed E-state index contributed by atoms with van der Waals surface area (Å²) in [6, 6.07) is 2.18. The molecular formula is C12H21BrN2S. The highest BCUT2D eigenvalue weighted by molar-refractivity contribution is 9.10. The van der Waals surface area contributed by atoms with E-state index in [1.807, 2.05) is 0 Å². The lowest BCUT2D eigenvalue weighted by atomic mass is 9.87. The zero-order valence-electron chi connectivity index (χ0n) is 10.5. The van der Waals surface area contributed by atoms with Gasteiger partial charge >= 0.3 is 0 Å². The Balaban J connectivity index is 2.73. The average molecular weight is 305 g/mol. The first kappa shape index (κ1) is 14.2. The molecule has 0 amide bonds. The van der Waals surface area contributed by atoms with Crippen LogP contribution in [0.25, 0.3) is 0 Å². The van der Waals surface area contributed by atoms with Crippen LogP contribution in [0.3, 0.4) is 0 Å². The van der Waals surface area contributed by atoms with E-state index >= 15 is 0 Å². The Hall–Kier alpha value is 0.1000. The SMILES string of the molecule is CC(C)C(C)(CN)N(C)Cc1cc(Br)cs1. The van der Waals surface area contributed by atoms with E-state index in [1.165, 1.54) is 9.35 Å². The maximum atomic E-state index is 5.92. The Kier molecular flexibility index (Phi) is 4.98. The highest BCUT2D eigenvalue weighted by Gasteiger charge is 2.31. The highest BCUT2D eigenvalue weighted by atomic mass is 79.9. The third-order valence-electron chi connectivity index (χ3n) is 3.54. The lowest BCUT2D eigenvalue weighted by molar-refractivity contribution is 0.0888. The van der Waals surface area contributed by atoms with Gasteiger partial charge in [0.15, 0.2) is 0 Å². The molecule has 0 fully saturated rings. The molecule has 4 heteroatoms. The van der Waals surface area contributed by atoms with Crippen LogP contribution in [0.1, 0.15) is 25.6 Å². The Morgan fingerprint density at radius 3 is 2.56 bits per heavy atom. The number of hydrogen-bond donors (Lipinski definition) is 1. The fraction of sp³-hybridized carbons (Fsp3) is 0.667. The minimum absolute atomic E-state index is 0.0659. The number of halogens is 1. The maximum Gasteiger partial charge on any atom is 0.0331 e. The van der Waals surface area contributed by atoms with E-state index in [4.69, 9.17) is 5.73 Å². The van der Waals surface area contributed by atoms with E-state index < -0.39 is 0 Å². The van der Waals surface area contributed by atoms with Crippen LogP contribution in [0.5, 0.6) is 0 Å². The second-order valence-electron chi connectivity index (χ2n) is 4.80. The summed E-state index contributed by atoms with van der Waals surface area (Å²) in [7, 11) is 2.15. The normalized spacial score (nSPS) is 15.8. The quantitative estimate of drug-likeness (QED) is 0.904. The molecule has 0 aliphatic rings. The predicted octanol–water partition coefficient (Wildman–Crippen LogP) is 3.32. The zero-order chi connectivity index (χ0) is 12.3. The van der Waals surface area contributed by atoms with Crippen molar-refractivity contribution in [2.24, 2.45) is 11.7 Å². The van der Waals surface area contributed by atoms with Crippen molar-refractivity contribution in [2.75, 3.05) is 13.6 Å². The van der Waals surface area contributed by atoms with Crippen LogP contribution in [-0.4, -0.2) is 24.0 Å². The highest BCUT2D eigenvalue weighted by Crippen LogP contribution is 2.27. The van der Waals surface area contributed by atoms with Gasteiger partial charge in [0.25, 0.3) is 0 Å². The Morgan fingerprint density at radius 2 is 2.19 bits per heavy atom. The number of thiophene rings is 1. The summed E-state index contributed by atoms with van der Waals surface area (Å²) in [6.07, 6.45) is 0. The molecule has 16 heavy (non-hydrogen) atoms. The van der Waals surface area contributed by atoms with Gasteiger partial charge in [-0.25, -0.2) is 0 Å². The summed E-state index contributed by atoms with van der Waals surface area (Å²) < 4.78 is 1.17. The largest absolute Gasteiger partial charge is 0.329 e. The first-order valence-electron chi connectivity index (χ1n) is 5.54. The van der Waals surface area contributed by atoms with Gasteiger partial charge in [0.1, 0.15) is 0 Å². The molecule has 2 nitrogen and oxygen atoms in total. The summed E-state index contributed by atoms with van der Waals surface area (Å²) in [5, 5.41) is 2.12. The van der Waals surface area contributed by atoms with Crippen LogP contribution >= 0.6 is 27.3 Å². The predicted molar refractivity (Wildman–Crippen MR) is 75.8 cm³/mol. The fourth-order valence-electron chi connectivity index (χ4n) is 1.68. The van der Waals surface area contributed by atoms with Gasteiger partial charge in [-0.05, 0) is 41.9 Å². The molecule has 1 atom stereocenters. The smallest absolute Gasteiger partial charge is 0.0331 e. The van der Waals surface area contributed by atoms with Gasteiger partial charge in [0.05, 0.1) is 0 Å². The first-order valence-corrected chi connectivity index (χ1v) is 7.21. The van der Waals surface area contributed by atoms with Crippen molar-refractivity contribution in [3.63, 3.8) is 0 Å². The zero-order valence-corrected chi connectivity index (χ0v) is 12.9. The van der Waals surface area contributed by atoms with Crippen LogP contribution < -0.4 is 5.73 Å². The van der Waals surface area contributed by atoms with Crippen molar-refractivity contribution in [2.45, 2.75) is 32.9 Å². The van der Waals surface area contributed by atoms with Gasteiger partial charge in [-0.2, -0.15) is 0 Å². The summed E-state index contributed by atoms with van der Waals surface area (Å²) >= 11 is 5.27. The topological polar surface area (TPSA) is 29.3 Å². The first-order chi connectivity index (χ1) is 7.40. The minimum Gasteiger partial charge on any atom is -0.329 e. The molecule has 0 saturated heterocycles. The molecule has 1 heterocycles. The van der Waals surface area contributed by atoms with E-state index in [0.717, 1.165) is 6.54 Å². The summed E-state index contributed by atoms with van der Waals surface area (Å²) in [4.78, 5) is 3.73. The van der Waals surface area contributed by atoms with Gasteiger partial charge in [-0.15, -0.1) is 11.3 Å². The number of nitrogens with two attached hydrogens (primary N) is 1. The van der Waals surface area contributed by atoms with E-state index in [2.05, 4.69) is 60.1 Å². The van der Waals surface area contributed by atoms with Crippen molar-refractivity contribution < 1.29 is 0 Å². The lowest BCUT2D eigenvalue weighted by Gasteiger charge is -2.41. The summed E-state index contributed by atoms with van der Waals surface area (Å²) in [5.74, 6) is 0.547. The van der Waals surface area contributed by atoms with Gasteiger partial charge in [0, 0.05) is 33.4 Å². The van der Waals surface area contributed by atoms with Crippen LogP contribution in [0.4, 0.5) is 0 Å². The summed E-state index contributed by atoms with van der Waals surface area (Å²) in [6.45, 7) is 8.34. The molecule has 0 aromatic carbocycles. The second kappa shape index (κ2) is 5.63. The minimum atomic E-state index is 0.0659. The molecule has 1 rings (SSSR count). The van der Waals surface area contributed by atoms with Gasteiger partial charge in [-0.1, -0.05) is 13.8 Å². The number of hydrogen-bond acceptors (Lipinski definition) is 3. The van der Waals surface area contributed by atoms with Crippen molar-refractivity contribution >= 4 is 27.3 Å². The summed E-state index contributed by atoms with van der Waals surface area (Å²) in [5.41, 5.74) is 5.99. The van der Waals surface area contributed by atoms with Gasteiger partial charge < -0.3 is 5.73 Å². The van der Waals surface area contributed by atoms with Gasteiger partial charge in [-0.3, -0.25) is 4.90 Å². The van der Waals surface area contributed by atoms with Crippen LogP contribution in [0.15, 0.2) is 15.9 Å². The second-order valence-corrected chi connectivity index (χ2v) is 6.71. The van der Waals surface area contributed by atoms with E-state index in [-0.39, 0.29) is 5.54 Å². The number of likely N-dealkylation sites (N-methyl/N-ethyl adjacent to an activating group) is 1.